The minimum absolute atomic E-state index is 0.0101. The highest BCUT2D eigenvalue weighted by Gasteiger charge is 2.31. The van der Waals surface area contributed by atoms with Gasteiger partial charge < -0.3 is 48.9 Å². The second-order valence-corrected chi connectivity index (χ2v) is 9.82. The van der Waals surface area contributed by atoms with Gasteiger partial charge in [0.05, 0.1) is 21.9 Å². The molecule has 0 spiro atoms. The van der Waals surface area contributed by atoms with E-state index in [0.29, 0.717) is 0 Å². The standard InChI is InChI=1S/C32H18O12/c33-15-5-1-13(2-6-15)31(39)43-29-25-17-9-19(35)21(37)11-23(17)42-28(25)30(44-32(40)14-3-7-16(34)8-4-14)26-18-10-20(36)22(38)12-24(18)41-27(26)29/h1-12,33-38H. The van der Waals surface area contributed by atoms with Crippen LogP contribution in [0.15, 0.2) is 81.6 Å². The van der Waals surface area contributed by atoms with Crippen LogP contribution in [-0.4, -0.2) is 42.6 Å². The molecule has 12 nitrogen and oxygen atoms in total. The van der Waals surface area contributed by atoms with E-state index >= 15 is 0 Å². The van der Waals surface area contributed by atoms with Crippen molar-refractivity contribution >= 4 is 55.8 Å². The predicted octanol–water partition coefficient (Wildman–Crippen LogP) is 6.16. The fourth-order valence-electron chi connectivity index (χ4n) is 4.93. The van der Waals surface area contributed by atoms with Crippen LogP contribution in [0.1, 0.15) is 20.7 Å². The van der Waals surface area contributed by atoms with Crippen molar-refractivity contribution in [2.75, 3.05) is 0 Å². The number of ether oxygens (including phenoxy) is 2. The quantitative estimate of drug-likeness (QED) is 0.0771. The van der Waals surface area contributed by atoms with Crippen LogP contribution in [0.25, 0.3) is 43.9 Å². The van der Waals surface area contributed by atoms with Crippen molar-refractivity contribution in [1.29, 1.82) is 0 Å². The van der Waals surface area contributed by atoms with Gasteiger partial charge in [-0.2, -0.15) is 0 Å². The average Bonchev–Trinajstić information content (AvgIpc) is 3.54. The number of rotatable bonds is 4. The Morgan fingerprint density at radius 3 is 1.20 bits per heavy atom. The molecule has 218 valence electrons. The molecule has 0 aliphatic carbocycles. The number of aromatic hydroxyl groups is 6. The highest BCUT2D eigenvalue weighted by atomic mass is 16.6. The Kier molecular flexibility index (Phi) is 5.68. The van der Waals surface area contributed by atoms with Crippen LogP contribution in [-0.2, 0) is 0 Å². The van der Waals surface area contributed by atoms with Crippen molar-refractivity contribution in [2.45, 2.75) is 0 Å². The summed E-state index contributed by atoms with van der Waals surface area (Å²) in [4.78, 5) is 26.7. The van der Waals surface area contributed by atoms with E-state index < -0.39 is 34.9 Å². The van der Waals surface area contributed by atoms with Crippen molar-refractivity contribution in [3.05, 3.63) is 83.9 Å². The van der Waals surface area contributed by atoms with E-state index in [0.717, 1.165) is 24.3 Å². The summed E-state index contributed by atoms with van der Waals surface area (Å²) >= 11 is 0. The maximum Gasteiger partial charge on any atom is 0.343 e. The maximum absolute atomic E-state index is 13.3. The SMILES string of the molecule is O=C(Oc1c2oc3cc(O)c(O)cc3c2c(OC(=O)c2ccc(O)cc2)c2oc3cc(O)c(O)cc3c12)c1ccc(O)cc1. The molecular weight excluding hydrogens is 576 g/mol. The van der Waals surface area contributed by atoms with Crippen LogP contribution in [0.4, 0.5) is 0 Å². The molecule has 6 N–H and O–H groups in total. The summed E-state index contributed by atoms with van der Waals surface area (Å²) in [5, 5.41) is 60.6. The summed E-state index contributed by atoms with van der Waals surface area (Å²) in [5.41, 5.74) is -0.201. The number of furan rings is 2. The van der Waals surface area contributed by atoms with Gasteiger partial charge in [-0.15, -0.1) is 0 Å². The van der Waals surface area contributed by atoms with Gasteiger partial charge >= 0.3 is 11.9 Å². The van der Waals surface area contributed by atoms with Gasteiger partial charge in [0.1, 0.15) is 22.7 Å². The molecule has 0 amide bonds. The van der Waals surface area contributed by atoms with Gasteiger partial charge in [0.15, 0.2) is 45.7 Å². The molecule has 0 unspecified atom stereocenters. The molecule has 2 aromatic heterocycles. The Hall–Kier alpha value is -6.56. The summed E-state index contributed by atoms with van der Waals surface area (Å²) in [6.45, 7) is 0. The van der Waals surface area contributed by atoms with Gasteiger partial charge in [0, 0.05) is 22.9 Å². The third-order valence-electron chi connectivity index (χ3n) is 7.03. The molecule has 7 rings (SSSR count). The average molecular weight is 594 g/mol. The van der Waals surface area contributed by atoms with Crippen molar-refractivity contribution < 1.29 is 58.5 Å². The van der Waals surface area contributed by atoms with Crippen LogP contribution >= 0.6 is 0 Å². The molecule has 0 saturated heterocycles. The van der Waals surface area contributed by atoms with Gasteiger partial charge in [0.25, 0.3) is 0 Å². The molecule has 0 aliphatic rings. The second-order valence-electron chi connectivity index (χ2n) is 9.82. The van der Waals surface area contributed by atoms with Gasteiger partial charge in [0.2, 0.25) is 0 Å². The van der Waals surface area contributed by atoms with Crippen LogP contribution in [0, 0.1) is 0 Å². The van der Waals surface area contributed by atoms with E-state index in [1.165, 1.54) is 48.5 Å². The first kappa shape index (κ1) is 26.3. The number of carbonyl (C=O) groups excluding carboxylic acids is 2. The number of hydrogen-bond acceptors (Lipinski definition) is 12. The third kappa shape index (κ3) is 4.09. The van der Waals surface area contributed by atoms with Gasteiger partial charge in [-0.25, -0.2) is 9.59 Å². The van der Waals surface area contributed by atoms with E-state index in [-0.39, 0.29) is 78.0 Å². The van der Waals surface area contributed by atoms with E-state index in [9.17, 15) is 40.2 Å². The lowest BCUT2D eigenvalue weighted by Crippen LogP contribution is -2.10. The predicted molar refractivity (Wildman–Crippen MR) is 154 cm³/mol. The minimum Gasteiger partial charge on any atom is -0.508 e. The number of benzene rings is 5. The molecule has 7 aromatic rings. The Bertz CT molecular complexity index is 2140. The number of fused-ring (bicyclic) bond motifs is 6. The highest BCUT2D eigenvalue weighted by molar-refractivity contribution is 6.24. The molecule has 0 bridgehead atoms. The lowest BCUT2D eigenvalue weighted by molar-refractivity contribution is 0.0724. The number of esters is 2. The van der Waals surface area contributed by atoms with E-state index in [2.05, 4.69) is 0 Å². The zero-order valence-corrected chi connectivity index (χ0v) is 22.1. The number of hydrogen-bond donors (Lipinski definition) is 6. The summed E-state index contributed by atoms with van der Waals surface area (Å²) in [7, 11) is 0. The molecule has 2 heterocycles. The van der Waals surface area contributed by atoms with E-state index in [1.807, 2.05) is 0 Å². The first-order valence-corrected chi connectivity index (χ1v) is 12.8. The normalized spacial score (nSPS) is 11.5. The Morgan fingerprint density at radius 2 is 0.841 bits per heavy atom. The van der Waals surface area contributed by atoms with Gasteiger partial charge in [-0.1, -0.05) is 0 Å². The number of phenols is 6. The molecular formula is C32H18O12. The molecule has 12 heteroatoms. The monoisotopic (exact) mass is 594 g/mol. The highest BCUT2D eigenvalue weighted by Crippen LogP contribution is 2.53. The minimum atomic E-state index is -0.884. The fraction of sp³-hybridized carbons (Fsp3) is 0. The third-order valence-corrected chi connectivity index (χ3v) is 7.03. The van der Waals surface area contributed by atoms with Crippen molar-refractivity contribution in [3.8, 4) is 46.0 Å². The first-order chi connectivity index (χ1) is 21.1. The lowest BCUT2D eigenvalue weighted by Gasteiger charge is -2.11. The molecule has 44 heavy (non-hydrogen) atoms. The van der Waals surface area contributed by atoms with Crippen molar-refractivity contribution in [3.63, 3.8) is 0 Å². The summed E-state index contributed by atoms with van der Waals surface area (Å²) in [6.07, 6.45) is 0. The Labute approximate surface area is 244 Å². The van der Waals surface area contributed by atoms with E-state index in [4.69, 9.17) is 18.3 Å². The summed E-state index contributed by atoms with van der Waals surface area (Å²) < 4.78 is 23.7. The van der Waals surface area contributed by atoms with Gasteiger partial charge in [-0.05, 0) is 60.7 Å². The van der Waals surface area contributed by atoms with Crippen LogP contribution < -0.4 is 9.47 Å². The molecule has 0 atom stereocenters. The fourth-order valence-corrected chi connectivity index (χ4v) is 4.93. The topological polar surface area (TPSA) is 200 Å². The van der Waals surface area contributed by atoms with Crippen LogP contribution in [0.3, 0.4) is 0 Å². The number of phenolic OH excluding ortho intramolecular Hbond substituents is 6. The van der Waals surface area contributed by atoms with E-state index in [1.54, 1.807) is 0 Å². The Balaban J connectivity index is 1.58. The molecule has 0 radical (unpaired) electrons. The van der Waals surface area contributed by atoms with Gasteiger partial charge in [-0.3, -0.25) is 0 Å². The van der Waals surface area contributed by atoms with Crippen LogP contribution in [0.2, 0.25) is 0 Å². The molecule has 0 aliphatic heterocycles. The van der Waals surface area contributed by atoms with Crippen molar-refractivity contribution in [2.24, 2.45) is 0 Å². The zero-order valence-electron chi connectivity index (χ0n) is 22.1. The Morgan fingerprint density at radius 1 is 0.500 bits per heavy atom. The smallest absolute Gasteiger partial charge is 0.343 e. The largest absolute Gasteiger partial charge is 0.508 e. The lowest BCUT2D eigenvalue weighted by atomic mass is 10.0. The molecule has 5 aromatic carbocycles. The number of carbonyl (C=O) groups is 2. The van der Waals surface area contributed by atoms with Crippen molar-refractivity contribution in [1.82, 2.24) is 0 Å². The molecule has 0 saturated carbocycles. The first-order valence-electron chi connectivity index (χ1n) is 12.8. The van der Waals surface area contributed by atoms with Crippen LogP contribution in [0.5, 0.6) is 46.0 Å². The second kappa shape index (κ2) is 9.49. The maximum atomic E-state index is 13.3. The zero-order chi connectivity index (χ0) is 30.9. The summed E-state index contributed by atoms with van der Waals surface area (Å²) in [6, 6.07) is 15.0. The molecule has 0 fully saturated rings. The summed E-state index contributed by atoms with van der Waals surface area (Å²) in [5.74, 6) is -4.51.